The number of nitrogens with zero attached hydrogens (tertiary/aromatic N) is 2. The van der Waals surface area contributed by atoms with E-state index in [1.165, 1.54) is 18.9 Å². The molecule has 0 bridgehead atoms. The summed E-state index contributed by atoms with van der Waals surface area (Å²) >= 11 is 17.7. The van der Waals surface area contributed by atoms with Crippen molar-refractivity contribution in [3.8, 4) is 5.75 Å². The first-order valence-corrected chi connectivity index (χ1v) is 11.2. The monoisotopic (exact) mass is 508 g/mol. The van der Waals surface area contributed by atoms with Gasteiger partial charge >= 0.3 is 0 Å². The van der Waals surface area contributed by atoms with Gasteiger partial charge in [0.1, 0.15) is 11.8 Å². The van der Waals surface area contributed by atoms with E-state index in [-0.39, 0.29) is 42.3 Å². The van der Waals surface area contributed by atoms with Crippen LogP contribution < -0.4 is 20.3 Å². The Morgan fingerprint density at radius 2 is 1.85 bits per heavy atom. The fourth-order valence-electron chi connectivity index (χ4n) is 3.39. The van der Waals surface area contributed by atoms with E-state index in [1.807, 2.05) is 0 Å². The number of carbonyl (C=O) groups excluding carboxylic acids is 3. The van der Waals surface area contributed by atoms with Crippen molar-refractivity contribution in [2.75, 3.05) is 30.4 Å². The van der Waals surface area contributed by atoms with Gasteiger partial charge in [-0.15, -0.1) is 0 Å². The van der Waals surface area contributed by atoms with Crippen LogP contribution in [-0.4, -0.2) is 54.0 Å². The van der Waals surface area contributed by atoms with E-state index in [4.69, 9.17) is 40.2 Å². The molecule has 1 saturated heterocycles. The summed E-state index contributed by atoms with van der Waals surface area (Å²) in [7, 11) is 1.49. The number of ether oxygens (including phenoxy) is 1. The number of thiocarbonyl (C=S) groups is 1. The van der Waals surface area contributed by atoms with Crippen molar-refractivity contribution in [3.05, 3.63) is 52.5 Å². The van der Waals surface area contributed by atoms with Gasteiger partial charge in [-0.25, -0.2) is 0 Å². The van der Waals surface area contributed by atoms with E-state index in [0.717, 1.165) is 0 Å². The average Bonchev–Trinajstić information content (AvgIpc) is 2.99. The number of carbonyl (C=O) groups is 3. The standard InChI is InChI=1S/C22H22Cl2N4O4S/c1-13(29)25-9-10-27-18(12-20(30)26-15-5-3-14(23)4-6-15)21(31)28(22(27)33)16-7-8-19(32-2)17(24)11-16/h3-8,11,18H,9-10,12H2,1-2H3,(H,25,29)(H,26,30)/t18-/m0/s1. The van der Waals surface area contributed by atoms with Gasteiger partial charge in [-0.2, -0.15) is 0 Å². The van der Waals surface area contributed by atoms with Crippen LogP contribution in [0.5, 0.6) is 5.75 Å². The summed E-state index contributed by atoms with van der Waals surface area (Å²) in [5.74, 6) is -0.477. The molecule has 0 aromatic heterocycles. The van der Waals surface area contributed by atoms with Crippen LogP contribution in [0.2, 0.25) is 10.0 Å². The third-order valence-corrected chi connectivity index (χ3v) is 5.91. The Labute approximate surface area is 206 Å². The molecule has 1 aliphatic rings. The van der Waals surface area contributed by atoms with Gasteiger partial charge < -0.3 is 20.3 Å². The highest BCUT2D eigenvalue weighted by Crippen LogP contribution is 2.33. The molecular formula is C22H22Cl2N4O4S. The number of hydrogen-bond acceptors (Lipinski definition) is 5. The van der Waals surface area contributed by atoms with Gasteiger partial charge in [0.2, 0.25) is 11.8 Å². The SMILES string of the molecule is COc1ccc(N2C(=O)[C@H](CC(=O)Nc3ccc(Cl)cc3)N(CCNC(C)=O)C2=S)cc1Cl. The number of hydrogen-bond donors (Lipinski definition) is 2. The Hall–Kier alpha value is -2.88. The summed E-state index contributed by atoms with van der Waals surface area (Å²) in [5.41, 5.74) is 1.02. The van der Waals surface area contributed by atoms with Gasteiger partial charge in [0, 0.05) is 30.7 Å². The molecule has 1 atom stereocenters. The van der Waals surface area contributed by atoms with Crippen molar-refractivity contribution in [1.29, 1.82) is 0 Å². The molecule has 0 aliphatic carbocycles. The highest BCUT2D eigenvalue weighted by atomic mass is 35.5. The smallest absolute Gasteiger partial charge is 0.256 e. The second kappa shape index (κ2) is 10.8. The fourth-order valence-corrected chi connectivity index (χ4v) is 4.18. The van der Waals surface area contributed by atoms with E-state index in [2.05, 4.69) is 10.6 Å². The molecule has 0 unspecified atom stereocenters. The van der Waals surface area contributed by atoms with Crippen LogP contribution in [-0.2, 0) is 14.4 Å². The van der Waals surface area contributed by atoms with Crippen molar-refractivity contribution < 1.29 is 19.1 Å². The molecular weight excluding hydrogens is 487 g/mol. The topological polar surface area (TPSA) is 91.0 Å². The molecule has 3 rings (SSSR count). The number of methoxy groups -OCH3 is 1. The molecule has 1 aliphatic heterocycles. The van der Waals surface area contributed by atoms with Crippen molar-refractivity contribution in [2.45, 2.75) is 19.4 Å². The number of halogens is 2. The first kappa shape index (κ1) is 24.8. The third kappa shape index (κ3) is 5.93. The van der Waals surface area contributed by atoms with Gasteiger partial charge in [-0.1, -0.05) is 23.2 Å². The van der Waals surface area contributed by atoms with E-state index < -0.39 is 6.04 Å². The lowest BCUT2D eigenvalue weighted by Crippen LogP contribution is -2.42. The van der Waals surface area contributed by atoms with E-state index in [0.29, 0.717) is 27.2 Å². The second-order valence-corrected chi connectivity index (χ2v) is 8.44. The average molecular weight is 509 g/mol. The van der Waals surface area contributed by atoms with Crippen LogP contribution in [0.15, 0.2) is 42.5 Å². The molecule has 0 radical (unpaired) electrons. The van der Waals surface area contributed by atoms with Crippen molar-refractivity contribution in [1.82, 2.24) is 10.2 Å². The maximum absolute atomic E-state index is 13.4. The molecule has 2 N–H and O–H groups in total. The van der Waals surface area contributed by atoms with Crippen LogP contribution in [0.4, 0.5) is 11.4 Å². The lowest BCUT2D eigenvalue weighted by atomic mass is 10.1. The minimum atomic E-state index is -0.848. The first-order valence-electron chi connectivity index (χ1n) is 9.99. The summed E-state index contributed by atoms with van der Waals surface area (Å²) in [6, 6.07) is 10.7. The van der Waals surface area contributed by atoms with E-state index >= 15 is 0 Å². The Morgan fingerprint density at radius 3 is 2.45 bits per heavy atom. The van der Waals surface area contributed by atoms with Crippen molar-refractivity contribution in [2.24, 2.45) is 0 Å². The van der Waals surface area contributed by atoms with Crippen LogP contribution >= 0.6 is 35.4 Å². The predicted molar refractivity (Wildman–Crippen MR) is 132 cm³/mol. The number of rotatable bonds is 8. The predicted octanol–water partition coefficient (Wildman–Crippen LogP) is 3.47. The third-order valence-electron chi connectivity index (χ3n) is 4.95. The van der Waals surface area contributed by atoms with Gasteiger partial charge in [0.15, 0.2) is 5.11 Å². The summed E-state index contributed by atoms with van der Waals surface area (Å²) in [4.78, 5) is 40.3. The summed E-state index contributed by atoms with van der Waals surface area (Å²) < 4.78 is 5.17. The molecule has 11 heteroatoms. The molecule has 8 nitrogen and oxygen atoms in total. The van der Waals surface area contributed by atoms with Gasteiger partial charge in [0.05, 0.1) is 24.2 Å². The number of amides is 3. The Kier molecular flexibility index (Phi) is 8.12. The number of nitrogens with one attached hydrogen (secondary N) is 2. The maximum Gasteiger partial charge on any atom is 0.256 e. The van der Waals surface area contributed by atoms with E-state index in [9.17, 15) is 14.4 Å². The first-order chi connectivity index (χ1) is 15.7. The van der Waals surface area contributed by atoms with Crippen molar-refractivity contribution >= 4 is 69.6 Å². The fraction of sp³-hybridized carbons (Fsp3) is 0.273. The Bertz CT molecular complexity index is 1080. The maximum atomic E-state index is 13.4. The highest BCUT2D eigenvalue weighted by Gasteiger charge is 2.44. The molecule has 33 heavy (non-hydrogen) atoms. The van der Waals surface area contributed by atoms with Crippen LogP contribution in [0, 0.1) is 0 Å². The summed E-state index contributed by atoms with van der Waals surface area (Å²) in [6.07, 6.45) is -0.137. The molecule has 1 fully saturated rings. The summed E-state index contributed by atoms with van der Waals surface area (Å²) in [6.45, 7) is 1.91. The van der Waals surface area contributed by atoms with Gasteiger partial charge in [0.25, 0.3) is 5.91 Å². The Balaban J connectivity index is 1.83. The highest BCUT2D eigenvalue weighted by molar-refractivity contribution is 7.80. The van der Waals surface area contributed by atoms with Gasteiger partial charge in [-0.3, -0.25) is 19.3 Å². The molecule has 2 aromatic carbocycles. The lowest BCUT2D eigenvalue weighted by Gasteiger charge is -2.24. The number of anilines is 2. The molecule has 174 valence electrons. The number of benzene rings is 2. The van der Waals surface area contributed by atoms with Crippen LogP contribution in [0.3, 0.4) is 0 Å². The van der Waals surface area contributed by atoms with Crippen molar-refractivity contribution in [3.63, 3.8) is 0 Å². The van der Waals surface area contributed by atoms with Crippen LogP contribution in [0.25, 0.3) is 0 Å². The quantitative estimate of drug-likeness (QED) is 0.530. The zero-order valence-electron chi connectivity index (χ0n) is 17.9. The minimum absolute atomic E-state index is 0.137. The molecule has 3 amide bonds. The Morgan fingerprint density at radius 1 is 1.15 bits per heavy atom. The second-order valence-electron chi connectivity index (χ2n) is 7.23. The van der Waals surface area contributed by atoms with Crippen LogP contribution in [0.1, 0.15) is 13.3 Å². The largest absolute Gasteiger partial charge is 0.495 e. The minimum Gasteiger partial charge on any atom is -0.495 e. The lowest BCUT2D eigenvalue weighted by molar-refractivity contribution is -0.124. The normalized spacial score (nSPS) is 15.6. The van der Waals surface area contributed by atoms with E-state index in [1.54, 1.807) is 47.4 Å². The summed E-state index contributed by atoms with van der Waals surface area (Å²) in [5, 5.41) is 6.53. The van der Waals surface area contributed by atoms with Gasteiger partial charge in [-0.05, 0) is 54.7 Å². The molecule has 1 heterocycles. The zero-order chi connectivity index (χ0) is 24.1. The molecule has 0 saturated carbocycles. The molecule has 0 spiro atoms. The molecule has 2 aromatic rings. The zero-order valence-corrected chi connectivity index (χ0v) is 20.3.